The molecule has 1 fully saturated rings. The van der Waals surface area contributed by atoms with Crippen LogP contribution in [0.5, 0.6) is 0 Å². The number of hydrogen-bond donors (Lipinski definition) is 0. The molecule has 1 atom stereocenters. The Morgan fingerprint density at radius 2 is 2.32 bits per heavy atom. The van der Waals surface area contributed by atoms with E-state index in [4.69, 9.17) is 16.3 Å². The van der Waals surface area contributed by atoms with E-state index in [2.05, 4.69) is 20.0 Å². The van der Waals surface area contributed by atoms with Crippen LogP contribution in [0.25, 0.3) is 11.0 Å². The maximum Gasteiger partial charge on any atom is 0.162 e. The highest BCUT2D eigenvalue weighted by molar-refractivity contribution is 6.33. The second kappa shape index (κ2) is 5.03. The van der Waals surface area contributed by atoms with E-state index in [-0.39, 0.29) is 0 Å². The molecule has 1 aliphatic rings. The van der Waals surface area contributed by atoms with Gasteiger partial charge in [0.15, 0.2) is 5.65 Å². The van der Waals surface area contributed by atoms with E-state index in [0.717, 1.165) is 36.4 Å². The lowest BCUT2D eigenvalue weighted by Gasteiger charge is -2.14. The standard InChI is InChI=1S/C12H16ClN5O/c1-17-12-9(5-14-17)11(13)15-10(16-12)7-18-4-3-8(6-18)19-2/h5,8H,3-4,6-7H2,1-2H3. The van der Waals surface area contributed by atoms with Crippen molar-refractivity contribution in [3.63, 3.8) is 0 Å². The van der Waals surface area contributed by atoms with E-state index in [1.165, 1.54) is 0 Å². The Morgan fingerprint density at radius 3 is 3.05 bits per heavy atom. The molecule has 0 N–H and O–H groups in total. The molecule has 0 amide bonds. The minimum Gasteiger partial charge on any atom is -0.380 e. The zero-order chi connectivity index (χ0) is 13.4. The van der Waals surface area contributed by atoms with E-state index in [1.54, 1.807) is 18.0 Å². The molecule has 7 heteroatoms. The molecule has 0 saturated carbocycles. The monoisotopic (exact) mass is 281 g/mol. The molecule has 19 heavy (non-hydrogen) atoms. The van der Waals surface area contributed by atoms with Crippen LogP contribution in [0.15, 0.2) is 6.20 Å². The van der Waals surface area contributed by atoms with Crippen molar-refractivity contribution in [1.29, 1.82) is 0 Å². The van der Waals surface area contributed by atoms with Crippen LogP contribution in [-0.4, -0.2) is 51.0 Å². The SMILES string of the molecule is COC1CCN(Cc2nc(Cl)c3cnn(C)c3n2)C1. The van der Waals surface area contributed by atoms with Gasteiger partial charge in [-0.3, -0.25) is 9.58 Å². The molecular formula is C12H16ClN5O. The number of aromatic nitrogens is 4. The number of hydrogen-bond acceptors (Lipinski definition) is 5. The fraction of sp³-hybridized carbons (Fsp3) is 0.583. The van der Waals surface area contributed by atoms with Crippen molar-refractivity contribution in [2.75, 3.05) is 20.2 Å². The third kappa shape index (κ3) is 2.43. The Bertz CT molecular complexity index is 599. The molecule has 0 bridgehead atoms. The van der Waals surface area contributed by atoms with Gasteiger partial charge >= 0.3 is 0 Å². The van der Waals surface area contributed by atoms with Crippen molar-refractivity contribution in [2.45, 2.75) is 19.1 Å². The van der Waals surface area contributed by atoms with Crippen molar-refractivity contribution in [3.8, 4) is 0 Å². The average molecular weight is 282 g/mol. The largest absolute Gasteiger partial charge is 0.380 e. The summed E-state index contributed by atoms with van der Waals surface area (Å²) < 4.78 is 7.07. The smallest absolute Gasteiger partial charge is 0.162 e. The van der Waals surface area contributed by atoms with E-state index in [0.29, 0.717) is 17.8 Å². The van der Waals surface area contributed by atoms with Gasteiger partial charge in [0.25, 0.3) is 0 Å². The number of rotatable bonds is 3. The topological polar surface area (TPSA) is 56.1 Å². The maximum absolute atomic E-state index is 6.17. The lowest BCUT2D eigenvalue weighted by atomic mass is 10.3. The van der Waals surface area contributed by atoms with Gasteiger partial charge in [0.05, 0.1) is 24.2 Å². The van der Waals surface area contributed by atoms with Crippen LogP contribution in [0.2, 0.25) is 5.15 Å². The molecule has 3 rings (SSSR count). The maximum atomic E-state index is 6.17. The highest BCUT2D eigenvalue weighted by Crippen LogP contribution is 2.21. The van der Waals surface area contributed by atoms with Crippen molar-refractivity contribution in [2.24, 2.45) is 7.05 Å². The molecule has 0 spiro atoms. The van der Waals surface area contributed by atoms with Crippen molar-refractivity contribution in [1.82, 2.24) is 24.6 Å². The fourth-order valence-corrected chi connectivity index (χ4v) is 2.66. The van der Waals surface area contributed by atoms with Crippen LogP contribution in [0.1, 0.15) is 12.2 Å². The molecule has 3 heterocycles. The molecule has 1 unspecified atom stereocenters. The molecule has 2 aromatic heterocycles. The molecule has 0 radical (unpaired) electrons. The highest BCUT2D eigenvalue weighted by Gasteiger charge is 2.23. The first-order valence-electron chi connectivity index (χ1n) is 6.26. The molecule has 1 saturated heterocycles. The highest BCUT2D eigenvalue weighted by atomic mass is 35.5. The first-order valence-corrected chi connectivity index (χ1v) is 6.64. The first-order chi connectivity index (χ1) is 9.17. The summed E-state index contributed by atoms with van der Waals surface area (Å²) in [6.07, 6.45) is 3.06. The predicted molar refractivity (Wildman–Crippen MR) is 72.0 cm³/mol. The van der Waals surface area contributed by atoms with Crippen LogP contribution in [0.3, 0.4) is 0 Å². The Balaban J connectivity index is 1.83. The summed E-state index contributed by atoms with van der Waals surface area (Å²) in [5, 5.41) is 5.41. The van der Waals surface area contributed by atoms with Gasteiger partial charge in [-0.2, -0.15) is 5.10 Å². The quantitative estimate of drug-likeness (QED) is 0.792. The Hall–Kier alpha value is -1.24. The summed E-state index contributed by atoms with van der Waals surface area (Å²) in [6, 6.07) is 0. The Kier molecular flexibility index (Phi) is 3.38. The third-order valence-electron chi connectivity index (χ3n) is 3.52. The van der Waals surface area contributed by atoms with E-state index in [9.17, 15) is 0 Å². The van der Waals surface area contributed by atoms with Gasteiger partial charge in [0, 0.05) is 27.2 Å². The molecule has 2 aromatic rings. The van der Waals surface area contributed by atoms with Gasteiger partial charge in [0.1, 0.15) is 11.0 Å². The summed E-state index contributed by atoms with van der Waals surface area (Å²) in [6.45, 7) is 2.62. The molecular weight excluding hydrogens is 266 g/mol. The number of fused-ring (bicyclic) bond motifs is 1. The Morgan fingerprint density at radius 1 is 1.47 bits per heavy atom. The van der Waals surface area contributed by atoms with Crippen molar-refractivity contribution in [3.05, 3.63) is 17.2 Å². The fourth-order valence-electron chi connectivity index (χ4n) is 2.43. The van der Waals surface area contributed by atoms with Crippen LogP contribution >= 0.6 is 11.6 Å². The number of methoxy groups -OCH3 is 1. The van der Waals surface area contributed by atoms with E-state index < -0.39 is 0 Å². The number of halogens is 1. The van der Waals surface area contributed by atoms with Crippen molar-refractivity contribution < 1.29 is 4.74 Å². The predicted octanol–water partition coefficient (Wildman–Crippen LogP) is 1.24. The summed E-state index contributed by atoms with van der Waals surface area (Å²) in [4.78, 5) is 11.2. The van der Waals surface area contributed by atoms with Gasteiger partial charge in [-0.15, -0.1) is 0 Å². The second-order valence-corrected chi connectivity index (χ2v) is 5.18. The molecule has 0 aromatic carbocycles. The zero-order valence-electron chi connectivity index (χ0n) is 11.0. The molecule has 1 aliphatic heterocycles. The minimum atomic E-state index is 0.316. The van der Waals surface area contributed by atoms with Gasteiger partial charge in [-0.25, -0.2) is 9.97 Å². The second-order valence-electron chi connectivity index (χ2n) is 4.82. The lowest BCUT2D eigenvalue weighted by Crippen LogP contribution is -2.23. The number of aryl methyl sites for hydroxylation is 1. The molecule has 102 valence electrons. The van der Waals surface area contributed by atoms with Crippen LogP contribution in [-0.2, 0) is 18.3 Å². The average Bonchev–Trinajstić information content (AvgIpc) is 2.98. The summed E-state index contributed by atoms with van der Waals surface area (Å²) in [5.74, 6) is 0.734. The Labute approximate surface area is 116 Å². The van der Waals surface area contributed by atoms with Crippen molar-refractivity contribution >= 4 is 22.6 Å². The third-order valence-corrected chi connectivity index (χ3v) is 3.81. The minimum absolute atomic E-state index is 0.316. The van der Waals surface area contributed by atoms with E-state index in [1.807, 2.05) is 7.05 Å². The first kappa shape index (κ1) is 12.8. The van der Waals surface area contributed by atoms with Gasteiger partial charge in [-0.1, -0.05) is 11.6 Å². The summed E-state index contributed by atoms with van der Waals surface area (Å²) >= 11 is 6.17. The lowest BCUT2D eigenvalue weighted by molar-refractivity contribution is 0.107. The van der Waals surface area contributed by atoms with Crippen LogP contribution < -0.4 is 0 Å². The zero-order valence-corrected chi connectivity index (χ0v) is 11.8. The normalized spacial score (nSPS) is 20.5. The molecule has 0 aliphatic carbocycles. The van der Waals surface area contributed by atoms with Gasteiger partial charge in [-0.05, 0) is 6.42 Å². The number of likely N-dealkylation sites (tertiary alicyclic amines) is 1. The number of nitrogens with zero attached hydrogens (tertiary/aromatic N) is 5. The van der Waals surface area contributed by atoms with Gasteiger partial charge < -0.3 is 4.74 Å². The summed E-state index contributed by atoms with van der Waals surface area (Å²) in [7, 11) is 3.61. The number of ether oxygens (including phenoxy) is 1. The molecule has 6 nitrogen and oxygen atoms in total. The summed E-state index contributed by atoms with van der Waals surface area (Å²) in [5.41, 5.74) is 0.775. The van der Waals surface area contributed by atoms with Crippen LogP contribution in [0, 0.1) is 0 Å². The van der Waals surface area contributed by atoms with Gasteiger partial charge in [0.2, 0.25) is 0 Å². The van der Waals surface area contributed by atoms with Crippen LogP contribution in [0.4, 0.5) is 0 Å². The van der Waals surface area contributed by atoms with E-state index >= 15 is 0 Å².